The Labute approximate surface area is 245 Å². The van der Waals surface area contributed by atoms with Crippen molar-refractivity contribution in [3.8, 4) is 0 Å². The van der Waals surface area contributed by atoms with E-state index in [9.17, 15) is 5.11 Å². The maximum atomic E-state index is 9.17. The van der Waals surface area contributed by atoms with Crippen LogP contribution in [0.2, 0.25) is 0 Å². The fourth-order valence-electron chi connectivity index (χ4n) is 2.03. The average Bonchev–Trinajstić information content (AvgIpc) is 2.98. The van der Waals surface area contributed by atoms with E-state index in [2.05, 4.69) is 4.74 Å². The summed E-state index contributed by atoms with van der Waals surface area (Å²) >= 11 is 0. The van der Waals surface area contributed by atoms with Crippen LogP contribution in [0.5, 0.6) is 0 Å². The Morgan fingerprint density at radius 1 is 0.390 bits per heavy atom. The summed E-state index contributed by atoms with van der Waals surface area (Å²) in [4.78, 5) is 0. The number of aliphatic hydroxyl groups is 8. The van der Waals surface area contributed by atoms with E-state index in [1.54, 1.807) is 7.11 Å². The van der Waals surface area contributed by atoms with E-state index < -0.39 is 30.5 Å². The average molecular weight is 613 g/mol. The summed E-state index contributed by atoms with van der Waals surface area (Å²) in [5, 5.41) is 69.4. The van der Waals surface area contributed by atoms with Gasteiger partial charge in [0.05, 0.1) is 79.3 Å². The van der Waals surface area contributed by atoms with Crippen LogP contribution in [0.3, 0.4) is 0 Å². The van der Waals surface area contributed by atoms with Crippen molar-refractivity contribution >= 4 is 0 Å². The summed E-state index contributed by atoms with van der Waals surface area (Å²) in [5.74, 6) is 0. The number of aliphatic hydroxyl groups excluding tert-OH is 8. The summed E-state index contributed by atoms with van der Waals surface area (Å²) in [6.07, 6.45) is -3.51. The Kier molecular flexibility index (Phi) is 48.0. The molecule has 0 aromatic carbocycles. The molecule has 0 aliphatic rings. The van der Waals surface area contributed by atoms with Gasteiger partial charge < -0.3 is 74.0 Å². The van der Waals surface area contributed by atoms with Crippen LogP contribution >= 0.6 is 0 Å². The van der Waals surface area contributed by atoms with E-state index in [4.69, 9.17) is 64.2 Å². The third kappa shape index (κ3) is 49.4. The Morgan fingerprint density at radius 2 is 0.683 bits per heavy atom. The summed E-state index contributed by atoms with van der Waals surface area (Å²) < 4.78 is 34.1. The van der Waals surface area contributed by atoms with Gasteiger partial charge in [-0.25, -0.2) is 0 Å². The van der Waals surface area contributed by atoms with Gasteiger partial charge in [0.25, 0.3) is 0 Å². The van der Waals surface area contributed by atoms with E-state index in [0.717, 1.165) is 0 Å². The number of hydrogen-bond acceptors (Lipinski definition) is 15. The molecular formula is C26H60O15. The molecule has 0 aliphatic carbocycles. The maximum Gasteiger partial charge on any atom is 0.101 e. The van der Waals surface area contributed by atoms with Crippen LogP contribution in [0.4, 0.5) is 0 Å². The fourth-order valence-corrected chi connectivity index (χ4v) is 2.03. The van der Waals surface area contributed by atoms with Gasteiger partial charge in [0.15, 0.2) is 0 Å². The summed E-state index contributed by atoms with van der Waals surface area (Å²) in [5.41, 5.74) is 0. The third-order valence-electron chi connectivity index (χ3n) is 4.04. The smallest absolute Gasteiger partial charge is 0.101 e. The number of methoxy groups -OCH3 is 1. The SMILES string of the molecule is CCOCC(O)CO.CCOCC(O)COC.CCOCC(O)COCC(O)CO.CCOCCOCC(O)CO. The Bertz CT molecular complexity index is 438. The topological polar surface area (TPSA) is 226 Å². The predicted molar refractivity (Wildman–Crippen MR) is 151 cm³/mol. The summed E-state index contributed by atoms with van der Waals surface area (Å²) in [6, 6.07) is 0. The van der Waals surface area contributed by atoms with E-state index >= 15 is 0 Å². The molecule has 0 heterocycles. The maximum absolute atomic E-state index is 9.17. The van der Waals surface area contributed by atoms with Gasteiger partial charge in [0.2, 0.25) is 0 Å². The minimum atomic E-state index is -0.876. The van der Waals surface area contributed by atoms with Gasteiger partial charge in [0.1, 0.15) is 30.5 Å². The standard InChI is InChI=1S/C8H18O5.C7H16O4.C6H14O3.C5H12O3/c1-2-12-5-8(11)6-13-4-7(10)3-9;1-2-10-3-4-11-6-7(9)5-8;1-3-9-5-6(7)4-8-2;1-2-8-4-5(7)3-6/h7-11H,2-6H2,1H3;7-9H,2-6H2,1H3;6-7H,3-5H2,1-2H3;5-7H,2-4H2,1H3. The quantitative estimate of drug-likeness (QED) is 0.0530. The number of ether oxygens (including phenoxy) is 7. The first-order chi connectivity index (χ1) is 19.6. The molecule has 0 fully saturated rings. The lowest BCUT2D eigenvalue weighted by Gasteiger charge is -2.12. The first-order valence-electron chi connectivity index (χ1n) is 13.8. The first-order valence-corrected chi connectivity index (χ1v) is 13.8. The number of hydrogen-bond donors (Lipinski definition) is 8. The molecule has 15 nitrogen and oxygen atoms in total. The molecule has 15 heteroatoms. The first kappa shape index (κ1) is 47.3. The van der Waals surface area contributed by atoms with Crippen LogP contribution in [-0.2, 0) is 33.2 Å². The zero-order chi connectivity index (χ0) is 32.2. The minimum absolute atomic E-state index is 0.0275. The fraction of sp³-hybridized carbons (Fsp3) is 1.00. The van der Waals surface area contributed by atoms with Crippen molar-refractivity contribution in [2.75, 3.05) is 113 Å². The normalized spacial score (nSPS) is 14.3. The third-order valence-corrected chi connectivity index (χ3v) is 4.04. The van der Waals surface area contributed by atoms with Crippen LogP contribution in [0.15, 0.2) is 0 Å². The molecule has 5 atom stereocenters. The largest absolute Gasteiger partial charge is 0.394 e. The molecule has 0 rings (SSSR count). The molecular weight excluding hydrogens is 552 g/mol. The van der Waals surface area contributed by atoms with Gasteiger partial charge >= 0.3 is 0 Å². The van der Waals surface area contributed by atoms with Gasteiger partial charge in [-0.1, -0.05) is 0 Å². The molecule has 254 valence electrons. The molecule has 0 saturated heterocycles. The lowest BCUT2D eigenvalue weighted by Crippen LogP contribution is -2.26. The monoisotopic (exact) mass is 612 g/mol. The highest BCUT2D eigenvalue weighted by molar-refractivity contribution is 4.54. The predicted octanol–water partition coefficient (Wildman–Crippen LogP) is -2.45. The molecule has 41 heavy (non-hydrogen) atoms. The zero-order valence-corrected chi connectivity index (χ0v) is 25.6. The van der Waals surface area contributed by atoms with Gasteiger partial charge in [-0.3, -0.25) is 0 Å². The minimum Gasteiger partial charge on any atom is -0.394 e. The van der Waals surface area contributed by atoms with E-state index in [1.807, 2.05) is 27.7 Å². The molecule has 0 amide bonds. The second-order valence-electron chi connectivity index (χ2n) is 8.06. The highest BCUT2D eigenvalue weighted by Gasteiger charge is 2.06. The van der Waals surface area contributed by atoms with Crippen molar-refractivity contribution < 1.29 is 74.0 Å². The molecule has 0 bridgehead atoms. The van der Waals surface area contributed by atoms with Crippen molar-refractivity contribution in [2.24, 2.45) is 0 Å². The second kappa shape index (κ2) is 41.5. The van der Waals surface area contributed by atoms with Crippen molar-refractivity contribution in [3.05, 3.63) is 0 Å². The van der Waals surface area contributed by atoms with Crippen LogP contribution in [-0.4, -0.2) is 184 Å². The van der Waals surface area contributed by atoms with Crippen molar-refractivity contribution in [3.63, 3.8) is 0 Å². The molecule has 0 radical (unpaired) electrons. The molecule has 0 spiro atoms. The highest BCUT2D eigenvalue weighted by Crippen LogP contribution is 1.90. The Morgan fingerprint density at radius 3 is 1.05 bits per heavy atom. The second-order valence-corrected chi connectivity index (χ2v) is 8.06. The van der Waals surface area contributed by atoms with Crippen molar-refractivity contribution in [1.29, 1.82) is 0 Å². The molecule has 0 aromatic rings. The molecule has 5 unspecified atom stereocenters. The Hall–Kier alpha value is -0.600. The van der Waals surface area contributed by atoms with E-state index in [-0.39, 0.29) is 52.9 Å². The van der Waals surface area contributed by atoms with Crippen LogP contribution < -0.4 is 0 Å². The lowest BCUT2D eigenvalue weighted by atomic mass is 10.4. The Balaban J connectivity index is -0.000000226. The van der Waals surface area contributed by atoms with E-state index in [1.165, 1.54) is 0 Å². The van der Waals surface area contributed by atoms with Gasteiger partial charge in [-0.05, 0) is 27.7 Å². The molecule has 0 aromatic heterocycles. The van der Waals surface area contributed by atoms with E-state index in [0.29, 0.717) is 52.9 Å². The molecule has 0 saturated carbocycles. The van der Waals surface area contributed by atoms with Crippen LogP contribution in [0.1, 0.15) is 27.7 Å². The van der Waals surface area contributed by atoms with Gasteiger partial charge in [-0.2, -0.15) is 0 Å². The van der Waals surface area contributed by atoms with Crippen molar-refractivity contribution in [2.45, 2.75) is 58.2 Å². The van der Waals surface area contributed by atoms with Gasteiger partial charge in [-0.15, -0.1) is 0 Å². The van der Waals surface area contributed by atoms with Crippen LogP contribution in [0.25, 0.3) is 0 Å². The molecule has 8 N–H and O–H groups in total. The van der Waals surface area contributed by atoms with Crippen molar-refractivity contribution in [1.82, 2.24) is 0 Å². The highest BCUT2D eigenvalue weighted by atomic mass is 16.5. The number of rotatable bonds is 24. The summed E-state index contributed by atoms with van der Waals surface area (Å²) in [6.45, 7) is 11.6. The zero-order valence-electron chi connectivity index (χ0n) is 25.6. The summed E-state index contributed by atoms with van der Waals surface area (Å²) in [7, 11) is 1.55. The molecule has 0 aliphatic heterocycles. The van der Waals surface area contributed by atoms with Gasteiger partial charge in [0, 0.05) is 33.5 Å². The van der Waals surface area contributed by atoms with Crippen LogP contribution in [0, 0.1) is 0 Å². The lowest BCUT2D eigenvalue weighted by molar-refractivity contribution is -0.0465.